The van der Waals surface area contributed by atoms with Gasteiger partial charge in [0.25, 0.3) is 0 Å². The van der Waals surface area contributed by atoms with Gasteiger partial charge < -0.3 is 9.84 Å². The minimum atomic E-state index is -4.88. The Labute approximate surface area is 98.3 Å². The summed E-state index contributed by atoms with van der Waals surface area (Å²) in [6.07, 6.45) is -6.83. The van der Waals surface area contributed by atoms with Crippen molar-refractivity contribution in [2.75, 3.05) is 0 Å². The summed E-state index contributed by atoms with van der Waals surface area (Å²) in [4.78, 5) is 10.8. The number of ether oxygens (including phenoxy) is 1. The maximum absolute atomic E-state index is 13.3. The van der Waals surface area contributed by atoms with Crippen LogP contribution in [0.5, 0.6) is 5.75 Å². The Hall–Kier alpha value is -2.05. The number of alkyl halides is 3. The molecule has 3 nitrogen and oxygen atoms in total. The van der Waals surface area contributed by atoms with Crippen molar-refractivity contribution in [1.82, 2.24) is 0 Å². The number of hydrogen-bond acceptors (Lipinski definition) is 2. The minimum absolute atomic E-state index is 0.296. The van der Waals surface area contributed by atoms with Crippen molar-refractivity contribution in [3.8, 4) is 5.75 Å². The first-order valence-electron chi connectivity index (χ1n) is 4.77. The molecule has 1 aromatic carbocycles. The molecular formula is C11H6F4O3. The second-order valence-electron chi connectivity index (χ2n) is 3.60. The monoisotopic (exact) mass is 262 g/mol. The van der Waals surface area contributed by atoms with Crippen molar-refractivity contribution in [3.63, 3.8) is 0 Å². The molecule has 1 aromatic rings. The predicted molar refractivity (Wildman–Crippen MR) is 52.5 cm³/mol. The van der Waals surface area contributed by atoms with E-state index >= 15 is 0 Å². The molecule has 0 saturated heterocycles. The van der Waals surface area contributed by atoms with Gasteiger partial charge in [0.2, 0.25) is 6.10 Å². The van der Waals surface area contributed by atoms with Gasteiger partial charge in [0.05, 0.1) is 11.1 Å². The Balaban J connectivity index is 2.57. The average molecular weight is 262 g/mol. The van der Waals surface area contributed by atoms with Crippen molar-refractivity contribution in [3.05, 3.63) is 35.2 Å². The molecule has 0 saturated carbocycles. The van der Waals surface area contributed by atoms with E-state index in [1.165, 1.54) is 6.07 Å². The van der Waals surface area contributed by atoms with Crippen molar-refractivity contribution in [2.24, 2.45) is 0 Å². The van der Waals surface area contributed by atoms with Gasteiger partial charge >= 0.3 is 12.1 Å². The van der Waals surface area contributed by atoms with Crippen LogP contribution < -0.4 is 4.74 Å². The fourth-order valence-electron chi connectivity index (χ4n) is 1.60. The quantitative estimate of drug-likeness (QED) is 0.791. The molecule has 96 valence electrons. The molecule has 18 heavy (non-hydrogen) atoms. The third-order valence-electron chi connectivity index (χ3n) is 2.38. The molecule has 0 spiro atoms. The lowest BCUT2D eigenvalue weighted by Gasteiger charge is -2.26. The highest BCUT2D eigenvalue weighted by atomic mass is 19.4. The molecule has 0 unspecified atom stereocenters. The number of carboxylic acids is 1. The third kappa shape index (κ3) is 2.03. The first-order valence-corrected chi connectivity index (χ1v) is 4.77. The van der Waals surface area contributed by atoms with Crippen LogP contribution in [-0.2, 0) is 4.79 Å². The van der Waals surface area contributed by atoms with Gasteiger partial charge in [-0.25, -0.2) is 9.18 Å². The van der Waals surface area contributed by atoms with Gasteiger partial charge in [-0.05, 0) is 18.2 Å². The number of rotatable bonds is 1. The Morgan fingerprint density at radius 3 is 2.56 bits per heavy atom. The second-order valence-corrected chi connectivity index (χ2v) is 3.60. The van der Waals surface area contributed by atoms with Gasteiger partial charge in [0, 0.05) is 0 Å². The molecule has 2 rings (SSSR count). The smallest absolute Gasteiger partial charge is 0.430 e. The van der Waals surface area contributed by atoms with Gasteiger partial charge in [-0.1, -0.05) is 6.07 Å². The molecule has 1 heterocycles. The van der Waals surface area contributed by atoms with E-state index < -0.39 is 29.6 Å². The Bertz CT molecular complexity index is 534. The van der Waals surface area contributed by atoms with Crippen LogP contribution in [-0.4, -0.2) is 23.4 Å². The predicted octanol–water partition coefficient (Wildman–Crippen LogP) is 2.62. The van der Waals surface area contributed by atoms with Gasteiger partial charge in [0.1, 0.15) is 11.6 Å². The first-order chi connectivity index (χ1) is 8.30. The van der Waals surface area contributed by atoms with Crippen LogP contribution in [0, 0.1) is 5.82 Å². The molecule has 7 heteroatoms. The Morgan fingerprint density at radius 1 is 1.33 bits per heavy atom. The molecule has 0 amide bonds. The van der Waals surface area contributed by atoms with Gasteiger partial charge in [-0.3, -0.25) is 0 Å². The fraction of sp³-hybridized carbons (Fsp3) is 0.182. The second kappa shape index (κ2) is 4.01. The van der Waals surface area contributed by atoms with Crippen molar-refractivity contribution in [2.45, 2.75) is 12.3 Å². The van der Waals surface area contributed by atoms with E-state index in [0.29, 0.717) is 6.08 Å². The molecule has 0 radical (unpaired) electrons. The zero-order valence-electron chi connectivity index (χ0n) is 8.66. The van der Waals surface area contributed by atoms with E-state index in [1.54, 1.807) is 0 Å². The summed E-state index contributed by atoms with van der Waals surface area (Å²) in [5.41, 5.74) is -1.34. The molecule has 0 fully saturated rings. The summed E-state index contributed by atoms with van der Waals surface area (Å²) in [7, 11) is 0. The molecule has 0 aromatic heterocycles. The first kappa shape index (κ1) is 12.4. The normalized spacial score (nSPS) is 18.7. The summed E-state index contributed by atoms with van der Waals surface area (Å²) in [6, 6.07) is 3.33. The number of carbonyl (C=O) groups is 1. The summed E-state index contributed by atoms with van der Waals surface area (Å²) < 4.78 is 55.7. The van der Waals surface area contributed by atoms with Crippen molar-refractivity contribution in [1.29, 1.82) is 0 Å². The summed E-state index contributed by atoms with van der Waals surface area (Å²) >= 11 is 0. The van der Waals surface area contributed by atoms with Crippen LogP contribution in [0.25, 0.3) is 6.08 Å². The standard InChI is InChI=1S/C11H6F4O3/c12-7-2-1-3-8-5(7)4-6(10(16)17)9(18-8)11(13,14)15/h1-4,9H,(H,16,17)/t9-/m0/s1. The van der Waals surface area contributed by atoms with E-state index in [-0.39, 0.29) is 11.3 Å². The van der Waals surface area contributed by atoms with Crippen LogP contribution in [0.2, 0.25) is 0 Å². The number of aliphatic carboxylic acids is 1. The van der Waals surface area contributed by atoms with E-state index in [0.717, 1.165) is 12.1 Å². The molecule has 1 atom stereocenters. The maximum atomic E-state index is 13.3. The van der Waals surface area contributed by atoms with Crippen LogP contribution in [0.1, 0.15) is 5.56 Å². The van der Waals surface area contributed by atoms with E-state index in [2.05, 4.69) is 4.74 Å². The average Bonchev–Trinajstić information content (AvgIpc) is 2.26. The number of carboxylic acid groups (broad SMARTS) is 1. The third-order valence-corrected chi connectivity index (χ3v) is 2.38. The number of fused-ring (bicyclic) bond motifs is 1. The van der Waals surface area contributed by atoms with Gasteiger partial charge in [0.15, 0.2) is 0 Å². The zero-order valence-corrected chi connectivity index (χ0v) is 8.66. The highest BCUT2D eigenvalue weighted by molar-refractivity contribution is 5.95. The minimum Gasteiger partial charge on any atom is -0.478 e. The molecule has 1 N–H and O–H groups in total. The summed E-state index contributed by atoms with van der Waals surface area (Å²) in [5.74, 6) is -2.97. The SMILES string of the molecule is O=C(O)C1=Cc2c(F)cccc2O[C@@H]1C(F)(F)F. The Kier molecular flexibility index (Phi) is 2.76. The van der Waals surface area contributed by atoms with Gasteiger partial charge in [-0.15, -0.1) is 0 Å². The van der Waals surface area contributed by atoms with E-state index in [4.69, 9.17) is 5.11 Å². The van der Waals surface area contributed by atoms with Crippen LogP contribution in [0.15, 0.2) is 23.8 Å². The van der Waals surface area contributed by atoms with Crippen molar-refractivity contribution < 1.29 is 32.2 Å². The molecule has 0 aliphatic carbocycles. The maximum Gasteiger partial charge on any atom is 0.430 e. The summed E-state index contributed by atoms with van der Waals surface area (Å²) in [5, 5.41) is 8.72. The topological polar surface area (TPSA) is 46.5 Å². The number of hydrogen-bond donors (Lipinski definition) is 1. The van der Waals surface area contributed by atoms with Crippen LogP contribution >= 0.6 is 0 Å². The molecular weight excluding hydrogens is 256 g/mol. The lowest BCUT2D eigenvalue weighted by atomic mass is 10.0. The highest BCUT2D eigenvalue weighted by Gasteiger charge is 2.48. The van der Waals surface area contributed by atoms with E-state index in [9.17, 15) is 22.4 Å². The molecule has 1 aliphatic heterocycles. The van der Waals surface area contributed by atoms with E-state index in [1.807, 2.05) is 0 Å². The number of benzene rings is 1. The lowest BCUT2D eigenvalue weighted by molar-refractivity contribution is -0.187. The van der Waals surface area contributed by atoms with Gasteiger partial charge in [-0.2, -0.15) is 13.2 Å². The zero-order chi connectivity index (χ0) is 13.5. The Morgan fingerprint density at radius 2 is 2.00 bits per heavy atom. The van der Waals surface area contributed by atoms with Crippen molar-refractivity contribution >= 4 is 12.0 Å². The molecule has 1 aliphatic rings. The largest absolute Gasteiger partial charge is 0.478 e. The number of halogens is 4. The van der Waals surface area contributed by atoms with Crippen LogP contribution in [0.3, 0.4) is 0 Å². The summed E-state index contributed by atoms with van der Waals surface area (Å²) in [6.45, 7) is 0. The lowest BCUT2D eigenvalue weighted by Crippen LogP contribution is -2.40. The van der Waals surface area contributed by atoms with Crippen LogP contribution in [0.4, 0.5) is 17.6 Å². The molecule has 0 bridgehead atoms. The highest BCUT2D eigenvalue weighted by Crippen LogP contribution is 2.37. The fourth-order valence-corrected chi connectivity index (χ4v) is 1.60.